The van der Waals surface area contributed by atoms with Crippen LogP contribution < -0.4 is 10.2 Å². The molecule has 0 aliphatic rings. The average Bonchev–Trinajstić information content (AvgIpc) is 2.64. The van der Waals surface area contributed by atoms with Crippen molar-refractivity contribution >= 4 is 0 Å². The standard InChI is InChI=1S/C21H29NO2/c1-3-4-5-6-7-16-24-21-14-12-20(13-15-21)19-10-8-18(9-11-19)17-22-23-2/h8-15,22H,3-7,16-17H2,1-2H3. The summed E-state index contributed by atoms with van der Waals surface area (Å²) in [5.74, 6) is 0.954. The second kappa shape index (κ2) is 10.8. The third-order valence-electron chi connectivity index (χ3n) is 4.08. The summed E-state index contributed by atoms with van der Waals surface area (Å²) in [6.07, 6.45) is 6.32. The molecule has 0 atom stereocenters. The molecule has 0 fully saturated rings. The molecule has 1 N–H and O–H groups in total. The molecule has 2 rings (SSSR count). The van der Waals surface area contributed by atoms with Gasteiger partial charge in [0.15, 0.2) is 0 Å². The van der Waals surface area contributed by atoms with Gasteiger partial charge < -0.3 is 9.57 Å². The van der Waals surface area contributed by atoms with E-state index in [0.717, 1.165) is 18.8 Å². The van der Waals surface area contributed by atoms with Crippen molar-refractivity contribution in [2.24, 2.45) is 0 Å². The van der Waals surface area contributed by atoms with Gasteiger partial charge in [0, 0.05) is 6.54 Å². The van der Waals surface area contributed by atoms with Gasteiger partial charge in [-0.25, -0.2) is 0 Å². The lowest BCUT2D eigenvalue weighted by molar-refractivity contribution is 0.0867. The molecule has 0 aliphatic heterocycles. The van der Waals surface area contributed by atoms with Gasteiger partial charge in [-0.2, -0.15) is 5.48 Å². The van der Waals surface area contributed by atoms with Crippen molar-refractivity contribution in [1.82, 2.24) is 5.48 Å². The topological polar surface area (TPSA) is 30.5 Å². The van der Waals surface area contributed by atoms with Gasteiger partial charge in [0.05, 0.1) is 13.7 Å². The molecule has 130 valence electrons. The molecule has 0 radical (unpaired) electrons. The van der Waals surface area contributed by atoms with Crippen LogP contribution in [0.25, 0.3) is 11.1 Å². The highest BCUT2D eigenvalue weighted by Gasteiger charge is 2.00. The molecular weight excluding hydrogens is 298 g/mol. The summed E-state index contributed by atoms with van der Waals surface area (Å²) in [5.41, 5.74) is 6.46. The third-order valence-corrected chi connectivity index (χ3v) is 4.08. The molecule has 0 bridgehead atoms. The number of hydrogen-bond acceptors (Lipinski definition) is 3. The van der Waals surface area contributed by atoms with Gasteiger partial charge in [0.25, 0.3) is 0 Å². The predicted octanol–water partition coefficient (Wildman–Crippen LogP) is 5.35. The van der Waals surface area contributed by atoms with E-state index in [1.807, 2.05) is 0 Å². The van der Waals surface area contributed by atoms with Crippen molar-refractivity contribution in [3.8, 4) is 16.9 Å². The van der Waals surface area contributed by atoms with Crippen molar-refractivity contribution in [2.75, 3.05) is 13.7 Å². The zero-order chi connectivity index (χ0) is 17.0. The van der Waals surface area contributed by atoms with Crippen LogP contribution in [0, 0.1) is 0 Å². The normalized spacial score (nSPS) is 10.8. The lowest BCUT2D eigenvalue weighted by Crippen LogP contribution is -2.10. The van der Waals surface area contributed by atoms with Gasteiger partial charge in [0.2, 0.25) is 0 Å². The Hall–Kier alpha value is -1.84. The van der Waals surface area contributed by atoms with E-state index in [4.69, 9.17) is 9.57 Å². The maximum Gasteiger partial charge on any atom is 0.119 e. The van der Waals surface area contributed by atoms with Crippen LogP contribution in [0.2, 0.25) is 0 Å². The van der Waals surface area contributed by atoms with Gasteiger partial charge in [0.1, 0.15) is 5.75 Å². The minimum absolute atomic E-state index is 0.710. The Morgan fingerprint density at radius 1 is 0.792 bits per heavy atom. The van der Waals surface area contributed by atoms with Crippen LogP contribution in [0.4, 0.5) is 0 Å². The van der Waals surface area contributed by atoms with E-state index in [-0.39, 0.29) is 0 Å². The predicted molar refractivity (Wildman–Crippen MR) is 100.0 cm³/mol. The number of unbranched alkanes of at least 4 members (excludes halogenated alkanes) is 4. The fourth-order valence-electron chi connectivity index (χ4n) is 2.61. The first-order valence-corrected chi connectivity index (χ1v) is 8.91. The molecule has 0 saturated heterocycles. The highest BCUT2D eigenvalue weighted by molar-refractivity contribution is 5.64. The Kier molecular flexibility index (Phi) is 8.36. The van der Waals surface area contributed by atoms with E-state index in [0.29, 0.717) is 6.54 Å². The largest absolute Gasteiger partial charge is 0.494 e. The number of hydroxylamine groups is 1. The monoisotopic (exact) mass is 327 g/mol. The second-order valence-corrected chi connectivity index (χ2v) is 6.01. The van der Waals surface area contributed by atoms with Crippen LogP contribution in [-0.2, 0) is 11.4 Å². The molecule has 0 aromatic heterocycles. The van der Waals surface area contributed by atoms with Crippen molar-refractivity contribution in [3.63, 3.8) is 0 Å². The van der Waals surface area contributed by atoms with Crippen LogP contribution in [0.15, 0.2) is 48.5 Å². The Bertz CT molecular complexity index is 563. The van der Waals surface area contributed by atoms with Gasteiger partial charge in [-0.15, -0.1) is 0 Å². The van der Waals surface area contributed by atoms with Gasteiger partial charge >= 0.3 is 0 Å². The number of ether oxygens (including phenoxy) is 1. The first kappa shape index (κ1) is 18.5. The SMILES string of the molecule is CCCCCCCOc1ccc(-c2ccc(CNOC)cc2)cc1. The fraction of sp³-hybridized carbons (Fsp3) is 0.429. The minimum atomic E-state index is 0.710. The van der Waals surface area contributed by atoms with Gasteiger partial charge in [-0.1, -0.05) is 69.0 Å². The lowest BCUT2D eigenvalue weighted by atomic mass is 10.0. The molecule has 2 aromatic rings. The van der Waals surface area contributed by atoms with E-state index in [9.17, 15) is 0 Å². The molecular formula is C21H29NO2. The molecule has 3 heteroatoms. The first-order valence-electron chi connectivity index (χ1n) is 8.91. The van der Waals surface area contributed by atoms with E-state index in [1.54, 1.807) is 7.11 Å². The van der Waals surface area contributed by atoms with Crippen LogP contribution in [0.3, 0.4) is 0 Å². The number of nitrogens with one attached hydrogen (secondary N) is 1. The number of hydrogen-bond donors (Lipinski definition) is 1. The molecule has 0 saturated carbocycles. The van der Waals surface area contributed by atoms with Gasteiger partial charge in [-0.3, -0.25) is 0 Å². The quantitative estimate of drug-likeness (QED) is 0.445. The summed E-state index contributed by atoms with van der Waals surface area (Å²) >= 11 is 0. The Morgan fingerprint density at radius 2 is 1.42 bits per heavy atom. The number of benzene rings is 2. The van der Waals surface area contributed by atoms with Gasteiger partial charge in [-0.05, 0) is 35.2 Å². The zero-order valence-electron chi connectivity index (χ0n) is 14.9. The summed E-state index contributed by atoms with van der Waals surface area (Å²) in [4.78, 5) is 4.87. The molecule has 0 amide bonds. The van der Waals surface area contributed by atoms with Crippen molar-refractivity contribution in [1.29, 1.82) is 0 Å². The molecule has 0 heterocycles. The maximum atomic E-state index is 5.82. The van der Waals surface area contributed by atoms with Crippen LogP contribution in [0.5, 0.6) is 5.75 Å². The third kappa shape index (κ3) is 6.34. The summed E-state index contributed by atoms with van der Waals surface area (Å²) < 4.78 is 5.82. The van der Waals surface area contributed by atoms with E-state index in [2.05, 4.69) is 60.9 Å². The summed E-state index contributed by atoms with van der Waals surface area (Å²) in [5, 5.41) is 0. The van der Waals surface area contributed by atoms with Crippen molar-refractivity contribution < 1.29 is 9.57 Å². The minimum Gasteiger partial charge on any atom is -0.494 e. The summed E-state index contributed by atoms with van der Waals surface area (Å²) in [7, 11) is 1.63. The number of rotatable bonds is 11. The fourth-order valence-corrected chi connectivity index (χ4v) is 2.61. The second-order valence-electron chi connectivity index (χ2n) is 6.01. The summed E-state index contributed by atoms with van der Waals surface area (Å²) in [6.45, 7) is 3.76. The molecule has 0 aliphatic carbocycles. The van der Waals surface area contributed by atoms with Crippen LogP contribution >= 0.6 is 0 Å². The molecule has 3 nitrogen and oxygen atoms in total. The smallest absolute Gasteiger partial charge is 0.119 e. The maximum absolute atomic E-state index is 5.82. The first-order chi connectivity index (χ1) is 11.8. The van der Waals surface area contributed by atoms with Crippen LogP contribution in [-0.4, -0.2) is 13.7 Å². The zero-order valence-corrected chi connectivity index (χ0v) is 14.9. The molecule has 2 aromatic carbocycles. The lowest BCUT2D eigenvalue weighted by Gasteiger charge is -2.08. The van der Waals surface area contributed by atoms with Crippen molar-refractivity contribution in [3.05, 3.63) is 54.1 Å². The average molecular weight is 327 g/mol. The van der Waals surface area contributed by atoms with Crippen LogP contribution in [0.1, 0.15) is 44.6 Å². The van der Waals surface area contributed by atoms with E-state index in [1.165, 1.54) is 42.4 Å². The molecule has 0 spiro atoms. The highest BCUT2D eigenvalue weighted by Crippen LogP contribution is 2.23. The Balaban J connectivity index is 1.80. The highest BCUT2D eigenvalue weighted by atomic mass is 16.6. The summed E-state index contributed by atoms with van der Waals surface area (Å²) in [6, 6.07) is 16.9. The molecule has 0 unspecified atom stereocenters. The van der Waals surface area contributed by atoms with E-state index >= 15 is 0 Å². The Labute approximate surface area is 146 Å². The van der Waals surface area contributed by atoms with Crippen molar-refractivity contribution in [2.45, 2.75) is 45.6 Å². The molecule has 24 heavy (non-hydrogen) atoms. The Morgan fingerprint density at radius 3 is 2.04 bits per heavy atom. The van der Waals surface area contributed by atoms with E-state index < -0.39 is 0 Å².